The summed E-state index contributed by atoms with van der Waals surface area (Å²) in [6.07, 6.45) is 1.20. The lowest BCUT2D eigenvalue weighted by atomic mass is 10.1. The number of anilines is 1. The van der Waals surface area contributed by atoms with Crippen LogP contribution in [-0.4, -0.2) is 53.3 Å². The van der Waals surface area contributed by atoms with Crippen LogP contribution in [0.25, 0.3) is 0 Å². The molecule has 2 heterocycles. The molecule has 154 valence electrons. The van der Waals surface area contributed by atoms with Crippen molar-refractivity contribution in [3.8, 4) is 11.6 Å². The van der Waals surface area contributed by atoms with Crippen LogP contribution in [0.5, 0.6) is 11.6 Å². The molecule has 1 aromatic carbocycles. The summed E-state index contributed by atoms with van der Waals surface area (Å²) < 4.78 is 16.0. The van der Waals surface area contributed by atoms with E-state index in [1.807, 2.05) is 18.7 Å². The number of methoxy groups -OCH3 is 1. The summed E-state index contributed by atoms with van der Waals surface area (Å²) >= 11 is 0. The Morgan fingerprint density at radius 1 is 1.24 bits per heavy atom. The van der Waals surface area contributed by atoms with E-state index >= 15 is 0 Å². The largest absolute Gasteiger partial charge is 0.469 e. The van der Waals surface area contributed by atoms with Crippen molar-refractivity contribution >= 4 is 17.5 Å². The van der Waals surface area contributed by atoms with E-state index in [9.17, 15) is 14.9 Å². The lowest BCUT2D eigenvalue weighted by Gasteiger charge is -2.35. The van der Waals surface area contributed by atoms with Gasteiger partial charge in [0.05, 0.1) is 30.7 Å². The third-order valence-electron chi connectivity index (χ3n) is 4.39. The molecule has 29 heavy (non-hydrogen) atoms. The number of nitrogens with zero attached hydrogens (tertiary/aromatic N) is 4. The van der Waals surface area contributed by atoms with E-state index in [-0.39, 0.29) is 42.0 Å². The van der Waals surface area contributed by atoms with Crippen LogP contribution >= 0.6 is 0 Å². The fraction of sp³-hybridized carbons (Fsp3) is 0.421. The predicted molar refractivity (Wildman–Crippen MR) is 103 cm³/mol. The lowest BCUT2D eigenvalue weighted by molar-refractivity contribution is -0.385. The van der Waals surface area contributed by atoms with Gasteiger partial charge in [-0.05, 0) is 31.5 Å². The Kier molecular flexibility index (Phi) is 6.23. The van der Waals surface area contributed by atoms with Crippen LogP contribution in [0, 0.1) is 10.1 Å². The molecule has 1 aliphatic heterocycles. The lowest BCUT2D eigenvalue weighted by Crippen LogP contribution is -2.46. The van der Waals surface area contributed by atoms with Crippen molar-refractivity contribution in [1.82, 2.24) is 9.97 Å². The van der Waals surface area contributed by atoms with E-state index in [1.54, 1.807) is 24.3 Å². The van der Waals surface area contributed by atoms with Crippen molar-refractivity contribution in [2.75, 3.05) is 25.1 Å². The number of hydrogen-bond acceptors (Lipinski definition) is 9. The summed E-state index contributed by atoms with van der Waals surface area (Å²) in [6, 6.07) is 6.60. The smallest absolute Gasteiger partial charge is 0.373 e. The van der Waals surface area contributed by atoms with E-state index in [0.717, 1.165) is 5.56 Å². The fourth-order valence-corrected chi connectivity index (χ4v) is 3.20. The molecular weight excluding hydrogens is 380 g/mol. The quantitative estimate of drug-likeness (QED) is 0.408. The van der Waals surface area contributed by atoms with Crippen molar-refractivity contribution in [2.45, 2.75) is 32.5 Å². The van der Waals surface area contributed by atoms with Gasteiger partial charge in [-0.1, -0.05) is 12.1 Å². The molecule has 0 spiro atoms. The average Bonchev–Trinajstić information content (AvgIpc) is 2.68. The van der Waals surface area contributed by atoms with Crippen LogP contribution in [0.1, 0.15) is 19.4 Å². The summed E-state index contributed by atoms with van der Waals surface area (Å²) in [5.74, 6) is 0.0515. The number of nitro groups is 1. The number of rotatable bonds is 6. The minimum Gasteiger partial charge on any atom is -0.469 e. The minimum atomic E-state index is -0.541. The first-order chi connectivity index (χ1) is 13.9. The molecule has 2 unspecified atom stereocenters. The molecular formula is C19H22N4O6. The highest BCUT2D eigenvalue weighted by molar-refractivity contribution is 5.72. The van der Waals surface area contributed by atoms with Gasteiger partial charge in [0.2, 0.25) is 5.82 Å². The average molecular weight is 402 g/mol. The second-order valence-corrected chi connectivity index (χ2v) is 6.77. The molecule has 0 saturated carbocycles. The molecule has 10 nitrogen and oxygen atoms in total. The molecule has 0 aliphatic carbocycles. The summed E-state index contributed by atoms with van der Waals surface area (Å²) in [6.45, 7) is 4.76. The molecule has 1 aliphatic rings. The van der Waals surface area contributed by atoms with Crippen molar-refractivity contribution in [3.05, 3.63) is 46.3 Å². The summed E-state index contributed by atoms with van der Waals surface area (Å²) in [5.41, 5.74) is 0.436. The van der Waals surface area contributed by atoms with Gasteiger partial charge >= 0.3 is 17.5 Å². The van der Waals surface area contributed by atoms with Gasteiger partial charge in [-0.15, -0.1) is 0 Å². The van der Waals surface area contributed by atoms with Gasteiger partial charge in [-0.25, -0.2) is 4.98 Å². The molecule has 0 radical (unpaired) electrons. The van der Waals surface area contributed by atoms with E-state index in [1.165, 1.54) is 13.4 Å². The number of morpholine rings is 1. The van der Waals surface area contributed by atoms with Crippen molar-refractivity contribution in [1.29, 1.82) is 0 Å². The first-order valence-electron chi connectivity index (χ1n) is 9.10. The Morgan fingerprint density at radius 2 is 1.90 bits per heavy atom. The van der Waals surface area contributed by atoms with Crippen molar-refractivity contribution < 1.29 is 23.9 Å². The molecule has 1 fully saturated rings. The number of benzene rings is 1. The molecule has 2 aromatic rings. The molecule has 2 atom stereocenters. The Labute approximate surface area is 167 Å². The van der Waals surface area contributed by atoms with Gasteiger partial charge in [0.15, 0.2) is 0 Å². The second-order valence-electron chi connectivity index (χ2n) is 6.77. The molecule has 3 rings (SSSR count). The van der Waals surface area contributed by atoms with E-state index < -0.39 is 4.92 Å². The molecule has 0 N–H and O–H groups in total. The van der Waals surface area contributed by atoms with Gasteiger partial charge in [0.1, 0.15) is 12.1 Å². The Morgan fingerprint density at radius 3 is 2.48 bits per heavy atom. The maximum atomic E-state index is 11.8. The van der Waals surface area contributed by atoms with E-state index in [2.05, 4.69) is 14.7 Å². The maximum absolute atomic E-state index is 11.8. The molecule has 10 heteroatoms. The highest BCUT2D eigenvalue weighted by Gasteiger charge is 2.32. The first kappa shape index (κ1) is 20.5. The van der Waals surface area contributed by atoms with Crippen molar-refractivity contribution in [2.24, 2.45) is 0 Å². The summed E-state index contributed by atoms with van der Waals surface area (Å²) in [7, 11) is 1.32. The number of aromatic nitrogens is 2. The standard InChI is InChI=1S/C19H22N4O6/c1-12-9-22(10-13(2)28-12)18-17(23(25)26)19(21-11-20-18)29-15-6-4-14(5-7-15)8-16(24)27-3/h4-7,11-13H,8-10H2,1-3H3. The second kappa shape index (κ2) is 8.82. The third-order valence-corrected chi connectivity index (χ3v) is 4.39. The monoisotopic (exact) mass is 402 g/mol. The van der Waals surface area contributed by atoms with E-state index in [4.69, 9.17) is 9.47 Å². The Bertz CT molecular complexity index is 879. The number of carbonyl (C=O) groups excluding carboxylic acids is 1. The fourth-order valence-electron chi connectivity index (χ4n) is 3.20. The normalized spacial score (nSPS) is 18.9. The third kappa shape index (κ3) is 4.96. The van der Waals surface area contributed by atoms with Crippen LogP contribution in [0.4, 0.5) is 11.5 Å². The highest BCUT2D eigenvalue weighted by atomic mass is 16.6. The minimum absolute atomic E-state index is 0.0833. The molecule has 0 bridgehead atoms. The van der Waals surface area contributed by atoms with Crippen LogP contribution in [-0.2, 0) is 20.7 Å². The zero-order valence-electron chi connectivity index (χ0n) is 16.4. The Hall–Kier alpha value is -3.27. The number of hydrogen-bond donors (Lipinski definition) is 0. The van der Waals surface area contributed by atoms with E-state index in [0.29, 0.717) is 18.8 Å². The predicted octanol–water partition coefficient (Wildman–Crippen LogP) is 2.51. The topological polar surface area (TPSA) is 117 Å². The van der Waals surface area contributed by atoms with Crippen LogP contribution in [0.3, 0.4) is 0 Å². The SMILES string of the molecule is COC(=O)Cc1ccc(Oc2ncnc(N3CC(C)OC(C)C3)c2[N+](=O)[O-])cc1. The summed E-state index contributed by atoms with van der Waals surface area (Å²) in [5, 5.41) is 11.8. The van der Waals surface area contributed by atoms with Gasteiger partial charge in [0.25, 0.3) is 0 Å². The molecule has 1 saturated heterocycles. The first-order valence-corrected chi connectivity index (χ1v) is 9.10. The summed E-state index contributed by atoms with van der Waals surface area (Å²) in [4.78, 5) is 32.5. The van der Waals surface area contributed by atoms with Crippen LogP contribution < -0.4 is 9.64 Å². The molecule has 0 amide bonds. The molecule has 1 aromatic heterocycles. The number of esters is 1. The van der Waals surface area contributed by atoms with Crippen molar-refractivity contribution in [3.63, 3.8) is 0 Å². The van der Waals surface area contributed by atoms with Gasteiger partial charge < -0.3 is 19.1 Å². The zero-order chi connectivity index (χ0) is 21.0. The van der Waals surface area contributed by atoms with Crippen LogP contribution in [0.15, 0.2) is 30.6 Å². The van der Waals surface area contributed by atoms with Gasteiger partial charge in [0, 0.05) is 13.1 Å². The van der Waals surface area contributed by atoms with Gasteiger partial charge in [-0.3, -0.25) is 14.9 Å². The number of ether oxygens (including phenoxy) is 3. The van der Waals surface area contributed by atoms with Crippen LogP contribution in [0.2, 0.25) is 0 Å². The Balaban J connectivity index is 1.86. The zero-order valence-corrected chi connectivity index (χ0v) is 16.4. The highest BCUT2D eigenvalue weighted by Crippen LogP contribution is 2.37. The van der Waals surface area contributed by atoms with Gasteiger partial charge in [-0.2, -0.15) is 4.98 Å². The number of carbonyl (C=O) groups is 1. The maximum Gasteiger partial charge on any atom is 0.373 e.